The molecule has 20 heavy (non-hydrogen) atoms. The maximum Gasteiger partial charge on any atom is 0.0702 e. The van der Waals surface area contributed by atoms with Crippen LogP contribution < -0.4 is 0 Å². The quantitative estimate of drug-likeness (QED) is 0.711. The molecule has 0 aliphatic carbocycles. The molecule has 0 N–H and O–H groups in total. The lowest BCUT2D eigenvalue weighted by Gasteiger charge is -2.05. The van der Waals surface area contributed by atoms with Gasteiger partial charge in [0.1, 0.15) is 0 Å². The summed E-state index contributed by atoms with van der Waals surface area (Å²) in [6.07, 6.45) is 4.77. The van der Waals surface area contributed by atoms with Gasteiger partial charge in [0.2, 0.25) is 0 Å². The number of rotatable bonds is 4. The van der Waals surface area contributed by atoms with E-state index in [1.807, 2.05) is 44.4 Å². The van der Waals surface area contributed by atoms with Crippen LogP contribution in [0.15, 0.2) is 59.9 Å². The highest BCUT2D eigenvalue weighted by Gasteiger charge is 2.02. The van der Waals surface area contributed by atoms with E-state index in [9.17, 15) is 0 Å². The average Bonchev–Trinajstić information content (AvgIpc) is 2.47. The lowest BCUT2D eigenvalue weighted by Crippen LogP contribution is -1.91. The topological polar surface area (TPSA) is 25.2 Å². The summed E-state index contributed by atoms with van der Waals surface area (Å²) in [6.45, 7) is 9.98. The molecule has 2 rings (SSSR count). The number of hydrogen-bond acceptors (Lipinski definition) is 2. The standard InChI is InChI=1S/C18H20N2/c1-5-15(11-19-14(4)13(2)3)17-10-16-8-6-7-9-18(16)20-12-17/h6-12H,2,5H2,1,3-4H3/b15-11+,19-14?. The van der Waals surface area contributed by atoms with Crippen molar-refractivity contribution in [3.63, 3.8) is 0 Å². The highest BCUT2D eigenvalue weighted by molar-refractivity contribution is 5.97. The van der Waals surface area contributed by atoms with E-state index in [1.54, 1.807) is 0 Å². The number of para-hydroxylation sites is 1. The molecule has 0 aliphatic heterocycles. The smallest absolute Gasteiger partial charge is 0.0702 e. The van der Waals surface area contributed by atoms with E-state index in [4.69, 9.17) is 0 Å². The number of nitrogens with zero attached hydrogens (tertiary/aromatic N) is 2. The molecule has 0 saturated carbocycles. The highest BCUT2D eigenvalue weighted by Crippen LogP contribution is 2.21. The second kappa shape index (κ2) is 6.29. The Balaban J connectivity index is 2.41. The van der Waals surface area contributed by atoms with Crippen LogP contribution in [0.4, 0.5) is 0 Å². The van der Waals surface area contributed by atoms with E-state index < -0.39 is 0 Å². The molecule has 0 amide bonds. The second-order valence-corrected chi connectivity index (χ2v) is 4.92. The van der Waals surface area contributed by atoms with Crippen molar-refractivity contribution in [2.45, 2.75) is 27.2 Å². The summed E-state index contributed by atoms with van der Waals surface area (Å²) in [5.41, 5.74) is 5.29. The van der Waals surface area contributed by atoms with Gasteiger partial charge in [0.05, 0.1) is 5.52 Å². The lowest BCUT2D eigenvalue weighted by molar-refractivity contribution is 1.21. The van der Waals surface area contributed by atoms with Gasteiger partial charge in [0.25, 0.3) is 0 Å². The molecular formula is C18H20N2. The summed E-state index contributed by atoms with van der Waals surface area (Å²) in [7, 11) is 0. The number of aromatic nitrogens is 1. The van der Waals surface area contributed by atoms with Crippen LogP contribution in [0.1, 0.15) is 32.8 Å². The van der Waals surface area contributed by atoms with Crippen LogP contribution in [0.3, 0.4) is 0 Å². The fraction of sp³-hybridized carbons (Fsp3) is 0.222. The number of hydrogen-bond donors (Lipinski definition) is 0. The molecule has 0 unspecified atom stereocenters. The van der Waals surface area contributed by atoms with Gasteiger partial charge in [-0.2, -0.15) is 0 Å². The van der Waals surface area contributed by atoms with Gasteiger partial charge in [-0.15, -0.1) is 0 Å². The molecule has 1 aromatic heterocycles. The second-order valence-electron chi connectivity index (χ2n) is 4.92. The summed E-state index contributed by atoms with van der Waals surface area (Å²) in [4.78, 5) is 8.98. The third-order valence-corrected chi connectivity index (χ3v) is 3.37. The first kappa shape index (κ1) is 14.2. The van der Waals surface area contributed by atoms with Crippen molar-refractivity contribution in [3.05, 3.63) is 60.4 Å². The Labute approximate surface area is 120 Å². The molecule has 0 spiro atoms. The number of benzene rings is 1. The van der Waals surface area contributed by atoms with Crippen molar-refractivity contribution >= 4 is 22.2 Å². The number of allylic oxidation sites excluding steroid dienone is 2. The summed E-state index contributed by atoms with van der Waals surface area (Å²) in [6, 6.07) is 10.3. The van der Waals surface area contributed by atoms with Gasteiger partial charge < -0.3 is 0 Å². The molecule has 0 atom stereocenters. The molecule has 1 heterocycles. The largest absolute Gasteiger partial charge is 0.261 e. The van der Waals surface area contributed by atoms with Crippen LogP contribution in [-0.2, 0) is 0 Å². The van der Waals surface area contributed by atoms with E-state index >= 15 is 0 Å². The number of fused-ring (bicyclic) bond motifs is 1. The predicted octanol–water partition coefficient (Wildman–Crippen LogP) is 5.02. The zero-order chi connectivity index (χ0) is 14.5. The Hall–Kier alpha value is -2.22. The van der Waals surface area contributed by atoms with Crippen LogP contribution in [0, 0.1) is 0 Å². The molecule has 2 nitrogen and oxygen atoms in total. The molecular weight excluding hydrogens is 244 g/mol. The van der Waals surface area contributed by atoms with Gasteiger partial charge in [-0.05, 0) is 49.1 Å². The molecule has 1 aromatic carbocycles. The van der Waals surface area contributed by atoms with Crippen molar-refractivity contribution in [2.24, 2.45) is 4.99 Å². The summed E-state index contributed by atoms with van der Waals surface area (Å²) in [5.74, 6) is 0. The third kappa shape index (κ3) is 3.21. The van der Waals surface area contributed by atoms with Crippen molar-refractivity contribution in [1.82, 2.24) is 4.98 Å². The minimum atomic E-state index is 0.924. The Morgan fingerprint density at radius 3 is 2.75 bits per heavy atom. The summed E-state index contributed by atoms with van der Waals surface area (Å²) < 4.78 is 0. The minimum Gasteiger partial charge on any atom is -0.261 e. The van der Waals surface area contributed by atoms with E-state index in [2.05, 4.69) is 35.6 Å². The van der Waals surface area contributed by atoms with Crippen LogP contribution in [0.25, 0.3) is 16.5 Å². The van der Waals surface area contributed by atoms with E-state index in [1.165, 1.54) is 5.57 Å². The highest BCUT2D eigenvalue weighted by atomic mass is 14.7. The van der Waals surface area contributed by atoms with E-state index in [-0.39, 0.29) is 0 Å². The van der Waals surface area contributed by atoms with Gasteiger partial charge in [0, 0.05) is 23.5 Å². The first-order chi connectivity index (χ1) is 9.61. The fourth-order valence-corrected chi connectivity index (χ4v) is 1.90. The first-order valence-electron chi connectivity index (χ1n) is 6.86. The molecule has 2 heteroatoms. The van der Waals surface area contributed by atoms with Crippen molar-refractivity contribution in [3.8, 4) is 0 Å². The average molecular weight is 264 g/mol. The lowest BCUT2D eigenvalue weighted by atomic mass is 10.0. The Kier molecular flexibility index (Phi) is 4.46. The van der Waals surface area contributed by atoms with E-state index in [0.29, 0.717) is 0 Å². The summed E-state index contributed by atoms with van der Waals surface area (Å²) in [5, 5.41) is 1.16. The SMILES string of the molecule is C=C(C)C(C)=N/C=C(\CC)c1cnc2ccccc2c1. The van der Waals surface area contributed by atoms with E-state index in [0.717, 1.165) is 34.2 Å². The fourth-order valence-electron chi connectivity index (χ4n) is 1.90. The third-order valence-electron chi connectivity index (χ3n) is 3.37. The normalized spacial score (nSPS) is 12.8. The van der Waals surface area contributed by atoms with Crippen molar-refractivity contribution < 1.29 is 0 Å². The molecule has 0 fully saturated rings. The monoisotopic (exact) mass is 264 g/mol. The maximum atomic E-state index is 4.51. The molecule has 0 bridgehead atoms. The first-order valence-corrected chi connectivity index (χ1v) is 6.86. The van der Waals surface area contributed by atoms with Gasteiger partial charge >= 0.3 is 0 Å². The van der Waals surface area contributed by atoms with Gasteiger partial charge in [0.15, 0.2) is 0 Å². The van der Waals surface area contributed by atoms with Gasteiger partial charge in [-0.3, -0.25) is 9.98 Å². The Bertz CT molecular complexity index is 693. The Morgan fingerprint density at radius 1 is 1.30 bits per heavy atom. The van der Waals surface area contributed by atoms with Crippen LogP contribution in [0.5, 0.6) is 0 Å². The molecule has 0 saturated heterocycles. The van der Waals surface area contributed by atoms with Crippen LogP contribution in [0.2, 0.25) is 0 Å². The summed E-state index contributed by atoms with van der Waals surface area (Å²) >= 11 is 0. The Morgan fingerprint density at radius 2 is 2.05 bits per heavy atom. The number of pyridine rings is 1. The van der Waals surface area contributed by atoms with Crippen molar-refractivity contribution in [2.75, 3.05) is 0 Å². The molecule has 0 radical (unpaired) electrons. The zero-order valence-electron chi connectivity index (χ0n) is 12.4. The predicted molar refractivity (Wildman–Crippen MR) is 87.9 cm³/mol. The molecule has 0 aliphatic rings. The molecule has 2 aromatic rings. The zero-order valence-corrected chi connectivity index (χ0v) is 12.4. The van der Waals surface area contributed by atoms with Gasteiger partial charge in [-0.1, -0.05) is 31.7 Å². The number of aliphatic imine (C=N–C) groups is 1. The van der Waals surface area contributed by atoms with Crippen LogP contribution in [-0.4, -0.2) is 10.7 Å². The maximum absolute atomic E-state index is 4.51. The minimum absolute atomic E-state index is 0.924. The van der Waals surface area contributed by atoms with Crippen LogP contribution >= 0.6 is 0 Å². The van der Waals surface area contributed by atoms with Gasteiger partial charge in [-0.25, -0.2) is 0 Å². The van der Waals surface area contributed by atoms with Crippen molar-refractivity contribution in [1.29, 1.82) is 0 Å². The molecule has 102 valence electrons.